The summed E-state index contributed by atoms with van der Waals surface area (Å²) in [5.74, 6) is -0.574. The minimum Gasteiger partial charge on any atom is -0.343 e. The van der Waals surface area contributed by atoms with Crippen LogP contribution in [0.3, 0.4) is 0 Å². The molecule has 198 valence electrons. The van der Waals surface area contributed by atoms with E-state index in [9.17, 15) is 13.6 Å². The Morgan fingerprint density at radius 1 is 1.11 bits per heavy atom. The van der Waals surface area contributed by atoms with Crippen molar-refractivity contribution in [3.05, 3.63) is 64.6 Å². The molecule has 0 spiro atoms. The van der Waals surface area contributed by atoms with Gasteiger partial charge in [-0.1, -0.05) is 6.07 Å². The van der Waals surface area contributed by atoms with Gasteiger partial charge in [0.1, 0.15) is 0 Å². The van der Waals surface area contributed by atoms with Crippen LogP contribution in [0.4, 0.5) is 8.78 Å². The molecule has 0 radical (unpaired) electrons. The van der Waals surface area contributed by atoms with E-state index in [0.717, 1.165) is 86.6 Å². The first-order valence-electron chi connectivity index (χ1n) is 13.3. The van der Waals surface area contributed by atoms with Gasteiger partial charge in [-0.25, -0.2) is 18.3 Å². The van der Waals surface area contributed by atoms with Crippen LogP contribution in [-0.2, 0) is 17.9 Å². The highest BCUT2D eigenvalue weighted by atomic mass is 19.2. The maximum atomic E-state index is 13.7. The summed E-state index contributed by atoms with van der Waals surface area (Å²) in [7, 11) is 0. The van der Waals surface area contributed by atoms with Gasteiger partial charge in [0, 0.05) is 57.3 Å². The van der Waals surface area contributed by atoms with Crippen LogP contribution in [-0.4, -0.2) is 63.0 Å². The number of amides is 1. The minimum atomic E-state index is -0.808. The molecule has 0 saturated carbocycles. The standard InChI is InChI=1S/C28H36F2N6O/c1-19-24(16-31-15-21-8-12-35(13-9-21)20(2)37)28-32-10-7-27(36(28)33-19)23-4-3-11-34(18-23)17-22-5-6-25(29)26(30)14-22/h5-7,10,14,21,23,31H,3-4,8-9,11-13,15-18H2,1-2H3. The van der Waals surface area contributed by atoms with E-state index in [0.29, 0.717) is 19.0 Å². The van der Waals surface area contributed by atoms with Crippen LogP contribution in [0, 0.1) is 24.5 Å². The van der Waals surface area contributed by atoms with E-state index in [1.807, 2.05) is 22.5 Å². The minimum absolute atomic E-state index is 0.167. The van der Waals surface area contributed by atoms with E-state index >= 15 is 0 Å². The van der Waals surface area contributed by atoms with E-state index in [1.165, 1.54) is 12.1 Å². The zero-order chi connectivity index (χ0) is 25.9. The summed E-state index contributed by atoms with van der Waals surface area (Å²) in [6, 6.07) is 6.22. The number of fused-ring (bicyclic) bond motifs is 1. The molecule has 4 heterocycles. The number of aryl methyl sites for hydroxylation is 1. The first kappa shape index (κ1) is 25.7. The number of carbonyl (C=O) groups excluding carboxylic acids is 1. The van der Waals surface area contributed by atoms with Gasteiger partial charge in [0.25, 0.3) is 0 Å². The molecule has 7 nitrogen and oxygen atoms in total. The number of likely N-dealkylation sites (tertiary alicyclic amines) is 2. The number of hydrogen-bond acceptors (Lipinski definition) is 5. The molecule has 2 aliphatic rings. The second-order valence-corrected chi connectivity index (χ2v) is 10.6. The van der Waals surface area contributed by atoms with Crippen LogP contribution in [0.25, 0.3) is 5.65 Å². The highest BCUT2D eigenvalue weighted by Gasteiger charge is 2.26. The number of carbonyl (C=O) groups is 1. The third kappa shape index (κ3) is 5.83. The molecule has 2 fully saturated rings. The third-order valence-electron chi connectivity index (χ3n) is 7.95. The van der Waals surface area contributed by atoms with Crippen molar-refractivity contribution < 1.29 is 13.6 Å². The molecule has 1 atom stereocenters. The smallest absolute Gasteiger partial charge is 0.219 e. The van der Waals surface area contributed by atoms with E-state index in [2.05, 4.69) is 21.3 Å². The maximum Gasteiger partial charge on any atom is 0.219 e. The van der Waals surface area contributed by atoms with Crippen molar-refractivity contribution in [3.8, 4) is 0 Å². The summed E-state index contributed by atoms with van der Waals surface area (Å²) in [5, 5.41) is 8.49. The molecule has 2 aromatic heterocycles. The zero-order valence-electron chi connectivity index (χ0n) is 21.7. The normalized spacial score (nSPS) is 19.6. The summed E-state index contributed by atoms with van der Waals surface area (Å²) in [6.07, 6.45) is 6.03. The Bertz CT molecular complexity index is 1250. The first-order chi connectivity index (χ1) is 17.9. The van der Waals surface area contributed by atoms with Crippen LogP contribution in [0.5, 0.6) is 0 Å². The molecule has 1 unspecified atom stereocenters. The number of nitrogens with zero attached hydrogens (tertiary/aromatic N) is 5. The number of nitrogens with one attached hydrogen (secondary N) is 1. The largest absolute Gasteiger partial charge is 0.343 e. The van der Waals surface area contributed by atoms with E-state index in [4.69, 9.17) is 5.10 Å². The second-order valence-electron chi connectivity index (χ2n) is 10.6. The second kappa shape index (κ2) is 11.2. The molecule has 9 heteroatoms. The molecule has 37 heavy (non-hydrogen) atoms. The fraction of sp³-hybridized carbons (Fsp3) is 0.536. The molecule has 1 amide bonds. The highest BCUT2D eigenvalue weighted by Crippen LogP contribution is 2.29. The lowest BCUT2D eigenvalue weighted by Crippen LogP contribution is -2.39. The summed E-state index contributed by atoms with van der Waals surface area (Å²) >= 11 is 0. The first-order valence-corrected chi connectivity index (χ1v) is 13.3. The van der Waals surface area contributed by atoms with Gasteiger partial charge in [-0.05, 0) is 75.4 Å². The Morgan fingerprint density at radius 2 is 1.92 bits per heavy atom. The molecular weight excluding hydrogens is 474 g/mol. The lowest BCUT2D eigenvalue weighted by Gasteiger charge is -2.33. The molecule has 2 saturated heterocycles. The fourth-order valence-electron chi connectivity index (χ4n) is 5.82. The molecule has 3 aromatic rings. The van der Waals surface area contributed by atoms with Gasteiger partial charge in [-0.2, -0.15) is 5.10 Å². The third-order valence-corrected chi connectivity index (χ3v) is 7.95. The quantitative estimate of drug-likeness (QED) is 0.520. The molecule has 2 aliphatic heterocycles. The van der Waals surface area contributed by atoms with Crippen LogP contribution in [0.15, 0.2) is 30.5 Å². The number of benzene rings is 1. The summed E-state index contributed by atoms with van der Waals surface area (Å²) in [4.78, 5) is 20.5. The van der Waals surface area contributed by atoms with Gasteiger partial charge in [0.15, 0.2) is 17.3 Å². The molecular formula is C28H36F2N6O. The van der Waals surface area contributed by atoms with Crippen molar-refractivity contribution in [1.29, 1.82) is 0 Å². The fourth-order valence-corrected chi connectivity index (χ4v) is 5.82. The predicted molar refractivity (Wildman–Crippen MR) is 138 cm³/mol. The maximum absolute atomic E-state index is 13.7. The monoisotopic (exact) mass is 510 g/mol. The Hall–Kier alpha value is -2.91. The topological polar surface area (TPSA) is 65.8 Å². The van der Waals surface area contributed by atoms with E-state index in [1.54, 1.807) is 13.0 Å². The van der Waals surface area contributed by atoms with Gasteiger partial charge in [-0.3, -0.25) is 9.69 Å². The van der Waals surface area contributed by atoms with Crippen molar-refractivity contribution in [2.24, 2.45) is 5.92 Å². The number of rotatable bonds is 7. The molecule has 1 aromatic carbocycles. The van der Waals surface area contributed by atoms with Gasteiger partial charge in [0.2, 0.25) is 5.91 Å². The zero-order valence-corrected chi connectivity index (χ0v) is 21.7. The van der Waals surface area contributed by atoms with Crippen LogP contribution in [0.1, 0.15) is 61.0 Å². The summed E-state index contributed by atoms with van der Waals surface area (Å²) < 4.78 is 29.0. The molecule has 0 bridgehead atoms. The van der Waals surface area contributed by atoms with Crippen molar-refractivity contribution >= 4 is 11.6 Å². The Kier molecular flexibility index (Phi) is 7.81. The Labute approximate surface area is 216 Å². The Balaban J connectivity index is 1.24. The average molecular weight is 511 g/mol. The molecule has 5 rings (SSSR count). The number of halogens is 2. The van der Waals surface area contributed by atoms with Crippen molar-refractivity contribution in [2.45, 2.75) is 58.5 Å². The number of aromatic nitrogens is 3. The lowest BCUT2D eigenvalue weighted by atomic mass is 9.94. The van der Waals surface area contributed by atoms with Crippen LogP contribution >= 0.6 is 0 Å². The number of piperidine rings is 2. The van der Waals surface area contributed by atoms with Crippen molar-refractivity contribution in [3.63, 3.8) is 0 Å². The van der Waals surface area contributed by atoms with Crippen LogP contribution < -0.4 is 5.32 Å². The number of hydrogen-bond donors (Lipinski definition) is 1. The summed E-state index contributed by atoms with van der Waals surface area (Å²) in [5.41, 5.74) is 4.93. The van der Waals surface area contributed by atoms with E-state index in [-0.39, 0.29) is 11.8 Å². The molecule has 0 aliphatic carbocycles. The van der Waals surface area contributed by atoms with Crippen molar-refractivity contribution in [2.75, 3.05) is 32.7 Å². The van der Waals surface area contributed by atoms with Gasteiger partial charge >= 0.3 is 0 Å². The lowest BCUT2D eigenvalue weighted by molar-refractivity contribution is -0.130. The van der Waals surface area contributed by atoms with Gasteiger partial charge < -0.3 is 10.2 Å². The SMILES string of the molecule is CC(=O)N1CCC(CNCc2c(C)nn3c(C4CCCN(Cc5ccc(F)c(F)c5)C4)ccnc23)CC1. The summed E-state index contributed by atoms with van der Waals surface area (Å²) in [6.45, 7) is 9.37. The predicted octanol–water partition coefficient (Wildman–Crippen LogP) is 4.04. The van der Waals surface area contributed by atoms with E-state index < -0.39 is 11.6 Å². The highest BCUT2D eigenvalue weighted by molar-refractivity contribution is 5.73. The molecule has 1 N–H and O–H groups in total. The van der Waals surface area contributed by atoms with Gasteiger partial charge in [-0.15, -0.1) is 0 Å². The van der Waals surface area contributed by atoms with Crippen LogP contribution in [0.2, 0.25) is 0 Å². The van der Waals surface area contributed by atoms with Gasteiger partial charge in [0.05, 0.1) is 11.4 Å². The van der Waals surface area contributed by atoms with Crippen molar-refractivity contribution in [1.82, 2.24) is 29.7 Å². The Morgan fingerprint density at radius 3 is 2.68 bits per heavy atom. The average Bonchev–Trinajstić information content (AvgIpc) is 3.22.